The highest BCUT2D eigenvalue weighted by atomic mass is 16.5. The van der Waals surface area contributed by atoms with Crippen LogP contribution in [0.25, 0.3) is 10.8 Å². The fourth-order valence-electron chi connectivity index (χ4n) is 4.19. The van der Waals surface area contributed by atoms with Crippen molar-refractivity contribution in [1.82, 2.24) is 20.5 Å². The predicted molar refractivity (Wildman–Crippen MR) is 128 cm³/mol. The Morgan fingerprint density at radius 1 is 1.12 bits per heavy atom. The van der Waals surface area contributed by atoms with Crippen molar-refractivity contribution in [2.75, 3.05) is 34.4 Å². The Hall–Kier alpha value is -3.32. The fourth-order valence-corrected chi connectivity index (χ4v) is 4.19. The van der Waals surface area contributed by atoms with Gasteiger partial charge in [-0.25, -0.2) is 0 Å². The van der Waals surface area contributed by atoms with Gasteiger partial charge in [0.25, 0.3) is 0 Å². The zero-order valence-corrected chi connectivity index (χ0v) is 19.0. The number of pyridine rings is 1. The Morgan fingerprint density at radius 3 is 2.66 bits per heavy atom. The zero-order chi connectivity index (χ0) is 22.3. The minimum absolute atomic E-state index is 0.342. The molecule has 0 spiro atoms. The van der Waals surface area contributed by atoms with Crippen molar-refractivity contribution in [1.29, 1.82) is 0 Å². The molecule has 2 N–H and O–H groups in total. The molecule has 32 heavy (non-hydrogen) atoms. The van der Waals surface area contributed by atoms with Crippen LogP contribution in [0.5, 0.6) is 11.5 Å². The molecule has 2 aromatic carbocycles. The zero-order valence-electron chi connectivity index (χ0n) is 19.0. The van der Waals surface area contributed by atoms with Crippen molar-refractivity contribution in [2.24, 2.45) is 4.99 Å². The van der Waals surface area contributed by atoms with Crippen molar-refractivity contribution in [3.8, 4) is 11.5 Å². The first kappa shape index (κ1) is 21.9. The lowest BCUT2D eigenvalue weighted by Crippen LogP contribution is -2.44. The molecule has 7 nitrogen and oxygen atoms in total. The number of ether oxygens (including phenoxy) is 2. The molecule has 1 aromatic heterocycles. The van der Waals surface area contributed by atoms with E-state index in [4.69, 9.17) is 9.47 Å². The number of guanidine groups is 1. The summed E-state index contributed by atoms with van der Waals surface area (Å²) in [6.07, 6.45) is 2.92. The smallest absolute Gasteiger partial charge is 0.191 e. The Labute approximate surface area is 189 Å². The molecule has 0 saturated carbocycles. The first-order valence-corrected chi connectivity index (χ1v) is 10.9. The number of nitrogens with zero attached hydrogens (tertiary/aromatic N) is 3. The maximum Gasteiger partial charge on any atom is 0.191 e. The van der Waals surface area contributed by atoms with E-state index in [0.717, 1.165) is 49.2 Å². The van der Waals surface area contributed by atoms with E-state index in [-0.39, 0.29) is 0 Å². The first-order valence-electron chi connectivity index (χ1n) is 10.9. The quantitative estimate of drug-likeness (QED) is 0.441. The normalized spacial score (nSPS) is 16.8. The predicted octanol–water partition coefficient (Wildman–Crippen LogP) is 3.19. The summed E-state index contributed by atoms with van der Waals surface area (Å²) in [5.41, 5.74) is 2.21. The number of aromatic nitrogens is 1. The Kier molecular flexibility index (Phi) is 7.07. The summed E-state index contributed by atoms with van der Waals surface area (Å²) in [4.78, 5) is 11.4. The number of nitrogens with one attached hydrogen (secondary N) is 2. The van der Waals surface area contributed by atoms with Crippen LogP contribution >= 0.6 is 0 Å². The van der Waals surface area contributed by atoms with Crippen LogP contribution in [-0.2, 0) is 13.1 Å². The van der Waals surface area contributed by atoms with Gasteiger partial charge in [-0.2, -0.15) is 0 Å². The number of rotatable bonds is 7. The molecular weight excluding hydrogens is 402 g/mol. The van der Waals surface area contributed by atoms with Crippen LogP contribution in [0.15, 0.2) is 59.7 Å². The maximum absolute atomic E-state index is 5.40. The average Bonchev–Trinajstić information content (AvgIpc) is 3.27. The van der Waals surface area contributed by atoms with E-state index in [0.29, 0.717) is 12.6 Å². The Balaban J connectivity index is 1.32. The van der Waals surface area contributed by atoms with E-state index in [1.807, 2.05) is 30.5 Å². The summed E-state index contributed by atoms with van der Waals surface area (Å²) in [6, 6.07) is 16.7. The van der Waals surface area contributed by atoms with Gasteiger partial charge in [0.2, 0.25) is 0 Å². The molecular formula is C25H31N5O2. The molecule has 7 heteroatoms. The lowest BCUT2D eigenvalue weighted by molar-refractivity contribution is 0.321. The van der Waals surface area contributed by atoms with Crippen molar-refractivity contribution in [2.45, 2.75) is 25.6 Å². The molecule has 0 radical (unpaired) electrons. The van der Waals surface area contributed by atoms with Crippen LogP contribution in [0.4, 0.5) is 0 Å². The molecule has 1 aliphatic rings. The van der Waals surface area contributed by atoms with Gasteiger partial charge in [0, 0.05) is 50.4 Å². The molecule has 1 atom stereocenters. The highest BCUT2D eigenvalue weighted by Gasteiger charge is 2.23. The standard InChI is InChI=1S/C25H31N5O2/c1-26-25(28-15-24-23-7-5-4-6-19(23)8-10-27-24)29-20-9-11-30(17-20)16-18-12-21(31-2)14-22(13-18)32-3/h4-8,10,12-14,20H,9,11,15-17H2,1-3H3,(H2,26,28,29). The molecule has 0 bridgehead atoms. The van der Waals surface area contributed by atoms with Crippen LogP contribution in [0.1, 0.15) is 17.7 Å². The number of likely N-dealkylation sites (tertiary alicyclic amines) is 1. The summed E-state index contributed by atoms with van der Waals surface area (Å²) in [6.45, 7) is 3.46. The second-order valence-electron chi connectivity index (χ2n) is 7.99. The van der Waals surface area contributed by atoms with Crippen molar-refractivity contribution in [3.05, 3.63) is 66.0 Å². The molecule has 0 aliphatic carbocycles. The van der Waals surface area contributed by atoms with Gasteiger partial charge in [0.1, 0.15) is 11.5 Å². The Bertz CT molecular complexity index is 1060. The third kappa shape index (κ3) is 5.29. The van der Waals surface area contributed by atoms with Crippen molar-refractivity contribution >= 4 is 16.7 Å². The average molecular weight is 434 g/mol. The summed E-state index contributed by atoms with van der Waals surface area (Å²) < 4.78 is 10.8. The van der Waals surface area contributed by atoms with Crippen LogP contribution in [0, 0.1) is 0 Å². The minimum atomic E-state index is 0.342. The van der Waals surface area contributed by atoms with Crippen molar-refractivity contribution < 1.29 is 9.47 Å². The summed E-state index contributed by atoms with van der Waals surface area (Å²) >= 11 is 0. The van der Waals surface area contributed by atoms with E-state index in [9.17, 15) is 0 Å². The molecule has 3 aromatic rings. The van der Waals surface area contributed by atoms with E-state index in [1.54, 1.807) is 21.3 Å². The number of benzene rings is 2. The van der Waals surface area contributed by atoms with Crippen molar-refractivity contribution in [3.63, 3.8) is 0 Å². The van der Waals surface area contributed by atoms with Crippen LogP contribution < -0.4 is 20.1 Å². The highest BCUT2D eigenvalue weighted by Crippen LogP contribution is 2.24. The van der Waals surface area contributed by atoms with Crippen LogP contribution in [0.2, 0.25) is 0 Å². The first-order chi connectivity index (χ1) is 15.7. The van der Waals surface area contributed by atoms with Crippen LogP contribution in [0.3, 0.4) is 0 Å². The summed E-state index contributed by atoms with van der Waals surface area (Å²) in [5, 5.41) is 9.35. The van der Waals surface area contributed by atoms with E-state index >= 15 is 0 Å². The third-order valence-corrected chi connectivity index (χ3v) is 5.83. The second-order valence-corrected chi connectivity index (χ2v) is 7.99. The SMILES string of the molecule is CN=C(NCc1nccc2ccccc12)NC1CCN(Cc2cc(OC)cc(OC)c2)C1. The topological polar surface area (TPSA) is 71.0 Å². The molecule has 1 unspecified atom stereocenters. The number of fused-ring (bicyclic) bond motifs is 1. The lowest BCUT2D eigenvalue weighted by Gasteiger charge is -2.19. The van der Waals surface area contributed by atoms with Gasteiger partial charge in [0.05, 0.1) is 26.5 Å². The monoisotopic (exact) mass is 433 g/mol. The fraction of sp³-hybridized carbons (Fsp3) is 0.360. The van der Waals surface area contributed by atoms with Gasteiger partial charge >= 0.3 is 0 Å². The number of aliphatic imine (C=N–C) groups is 1. The van der Waals surface area contributed by atoms with Crippen LogP contribution in [-0.4, -0.2) is 56.2 Å². The number of methoxy groups -OCH3 is 2. The van der Waals surface area contributed by atoms with Gasteiger partial charge < -0.3 is 20.1 Å². The summed E-state index contributed by atoms with van der Waals surface area (Å²) in [7, 11) is 5.17. The highest BCUT2D eigenvalue weighted by molar-refractivity contribution is 5.85. The third-order valence-electron chi connectivity index (χ3n) is 5.83. The van der Waals surface area contributed by atoms with Gasteiger partial charge in [-0.05, 0) is 35.6 Å². The second kappa shape index (κ2) is 10.3. The molecule has 1 saturated heterocycles. The Morgan fingerprint density at radius 2 is 1.91 bits per heavy atom. The van der Waals surface area contributed by atoms with Gasteiger partial charge in [-0.3, -0.25) is 14.9 Å². The molecule has 168 valence electrons. The number of hydrogen-bond donors (Lipinski definition) is 2. The van der Waals surface area contributed by atoms with Gasteiger partial charge in [0.15, 0.2) is 5.96 Å². The molecule has 2 heterocycles. The van der Waals surface area contributed by atoms with Gasteiger partial charge in [-0.15, -0.1) is 0 Å². The molecule has 1 fully saturated rings. The van der Waals surface area contributed by atoms with E-state index < -0.39 is 0 Å². The largest absolute Gasteiger partial charge is 0.497 e. The van der Waals surface area contributed by atoms with E-state index in [1.165, 1.54) is 16.3 Å². The maximum atomic E-state index is 5.40. The molecule has 4 rings (SSSR count). The van der Waals surface area contributed by atoms with Gasteiger partial charge in [-0.1, -0.05) is 24.3 Å². The minimum Gasteiger partial charge on any atom is -0.497 e. The van der Waals surface area contributed by atoms with E-state index in [2.05, 4.69) is 49.8 Å². The lowest BCUT2D eigenvalue weighted by atomic mass is 10.1. The number of hydrogen-bond acceptors (Lipinski definition) is 5. The molecule has 0 amide bonds. The summed E-state index contributed by atoms with van der Waals surface area (Å²) in [5.74, 6) is 2.44. The molecule has 1 aliphatic heterocycles.